The zero-order valence-electron chi connectivity index (χ0n) is 16.8. The average molecular weight is 470 g/mol. The van der Waals surface area contributed by atoms with E-state index in [0.717, 1.165) is 0 Å². The second-order valence-corrected chi connectivity index (χ2v) is 7.91. The van der Waals surface area contributed by atoms with Gasteiger partial charge in [0.05, 0.1) is 28.8 Å². The fourth-order valence-electron chi connectivity index (χ4n) is 3.63. The third kappa shape index (κ3) is 3.79. The summed E-state index contributed by atoms with van der Waals surface area (Å²) >= 11 is 12.2. The second-order valence-electron chi connectivity index (χ2n) is 7.09. The van der Waals surface area contributed by atoms with E-state index in [4.69, 9.17) is 27.9 Å². The number of phenolic OH excluding ortho intramolecular Hbond substituents is 1. The summed E-state index contributed by atoms with van der Waals surface area (Å²) in [7, 11) is 1.48. The monoisotopic (exact) mass is 469 g/mol. The van der Waals surface area contributed by atoms with Crippen molar-refractivity contribution in [3.63, 3.8) is 0 Å². The van der Waals surface area contributed by atoms with E-state index in [0.29, 0.717) is 27.6 Å². The highest BCUT2D eigenvalue weighted by Crippen LogP contribution is 2.43. The van der Waals surface area contributed by atoms with E-state index in [-0.39, 0.29) is 22.1 Å². The number of Topliss-reactive ketones (excluding diaryl/α,β-unsaturated/α-hetero) is 1. The molecule has 2 N–H and O–H groups in total. The van der Waals surface area contributed by atoms with Gasteiger partial charge in [0.2, 0.25) is 0 Å². The molecule has 4 rings (SSSR count). The van der Waals surface area contributed by atoms with E-state index < -0.39 is 17.7 Å². The molecule has 162 valence electrons. The van der Waals surface area contributed by atoms with E-state index in [1.54, 1.807) is 42.5 Å². The van der Waals surface area contributed by atoms with Gasteiger partial charge in [-0.15, -0.1) is 0 Å². The number of ether oxygens (including phenoxy) is 1. The molecule has 1 aliphatic heterocycles. The number of aromatic hydroxyl groups is 1. The molecule has 32 heavy (non-hydrogen) atoms. The molecule has 3 aromatic carbocycles. The van der Waals surface area contributed by atoms with Gasteiger partial charge in [-0.2, -0.15) is 0 Å². The molecule has 1 saturated heterocycles. The highest BCUT2D eigenvalue weighted by atomic mass is 35.5. The van der Waals surface area contributed by atoms with E-state index in [9.17, 15) is 19.8 Å². The molecule has 1 amide bonds. The maximum atomic E-state index is 13.1. The molecule has 1 aliphatic rings. The van der Waals surface area contributed by atoms with Gasteiger partial charge in [0, 0.05) is 11.3 Å². The minimum atomic E-state index is -0.959. The van der Waals surface area contributed by atoms with Crippen molar-refractivity contribution >= 4 is 46.3 Å². The SMILES string of the molecule is COc1cccc(/C(O)=C2\C(=O)C(=O)N(c3ccc(Cl)c(Cl)c3)C2c2ccc(O)cc2)c1. The summed E-state index contributed by atoms with van der Waals surface area (Å²) in [5.41, 5.74) is 1.07. The molecule has 6 nitrogen and oxygen atoms in total. The Balaban J connectivity index is 1.95. The zero-order chi connectivity index (χ0) is 23.0. The molecule has 0 aromatic heterocycles. The summed E-state index contributed by atoms with van der Waals surface area (Å²) in [6.07, 6.45) is 0. The number of anilines is 1. The third-order valence-electron chi connectivity index (χ3n) is 5.18. The predicted molar refractivity (Wildman–Crippen MR) is 122 cm³/mol. The number of aliphatic hydroxyl groups excluding tert-OH is 1. The smallest absolute Gasteiger partial charge is 0.300 e. The number of nitrogens with zero attached hydrogens (tertiary/aromatic N) is 1. The van der Waals surface area contributed by atoms with Gasteiger partial charge in [-0.3, -0.25) is 14.5 Å². The van der Waals surface area contributed by atoms with E-state index in [1.165, 1.54) is 36.3 Å². The fourth-order valence-corrected chi connectivity index (χ4v) is 3.92. The van der Waals surface area contributed by atoms with Gasteiger partial charge in [-0.25, -0.2) is 0 Å². The van der Waals surface area contributed by atoms with Crippen molar-refractivity contribution in [2.75, 3.05) is 12.0 Å². The largest absolute Gasteiger partial charge is 0.508 e. The summed E-state index contributed by atoms with van der Waals surface area (Å²) < 4.78 is 5.20. The Morgan fingerprint density at radius 3 is 2.34 bits per heavy atom. The molecule has 0 aliphatic carbocycles. The van der Waals surface area contributed by atoms with Gasteiger partial charge < -0.3 is 14.9 Å². The Kier molecular flexibility index (Phi) is 5.82. The van der Waals surface area contributed by atoms with Crippen LogP contribution in [0.1, 0.15) is 17.2 Å². The van der Waals surface area contributed by atoms with Crippen LogP contribution in [0.4, 0.5) is 5.69 Å². The summed E-state index contributed by atoms with van der Waals surface area (Å²) in [6, 6.07) is 16.2. The van der Waals surface area contributed by atoms with E-state index in [2.05, 4.69) is 0 Å². The van der Waals surface area contributed by atoms with Gasteiger partial charge in [0.25, 0.3) is 11.7 Å². The number of methoxy groups -OCH3 is 1. The zero-order valence-corrected chi connectivity index (χ0v) is 18.3. The maximum Gasteiger partial charge on any atom is 0.300 e. The van der Waals surface area contributed by atoms with Gasteiger partial charge in [-0.1, -0.05) is 47.5 Å². The first-order chi connectivity index (χ1) is 15.3. The number of halogens is 2. The molecule has 1 fully saturated rings. The quantitative estimate of drug-likeness (QED) is 0.306. The Bertz CT molecular complexity index is 1250. The van der Waals surface area contributed by atoms with E-state index >= 15 is 0 Å². The second kappa shape index (κ2) is 8.57. The minimum absolute atomic E-state index is 0.0213. The van der Waals surface area contributed by atoms with Crippen LogP contribution in [0.2, 0.25) is 10.0 Å². The Hall–Kier alpha value is -3.48. The predicted octanol–water partition coefficient (Wildman–Crippen LogP) is 5.33. The van der Waals surface area contributed by atoms with E-state index in [1.807, 2.05) is 0 Å². The standard InChI is InChI=1S/C24H17Cl2NO5/c1-32-17-4-2-3-14(11-17)22(29)20-21(13-5-8-16(28)9-6-13)27(24(31)23(20)30)15-7-10-18(25)19(26)12-15/h2-12,21,28-29H,1H3/b22-20+. The van der Waals surface area contributed by atoms with Crippen molar-refractivity contribution in [1.82, 2.24) is 0 Å². The number of phenols is 1. The molecular weight excluding hydrogens is 453 g/mol. The normalized spacial score (nSPS) is 17.6. The number of hydrogen-bond acceptors (Lipinski definition) is 5. The first-order valence-corrected chi connectivity index (χ1v) is 10.3. The minimum Gasteiger partial charge on any atom is -0.508 e. The topological polar surface area (TPSA) is 87.1 Å². The van der Waals surface area contributed by atoms with Gasteiger partial charge >= 0.3 is 0 Å². The van der Waals surface area contributed by atoms with Crippen molar-refractivity contribution in [2.45, 2.75) is 6.04 Å². The number of amides is 1. The van der Waals surface area contributed by atoms with Crippen LogP contribution in [0.25, 0.3) is 5.76 Å². The van der Waals surface area contributed by atoms with Gasteiger partial charge in [0.15, 0.2) is 0 Å². The van der Waals surface area contributed by atoms with Crippen LogP contribution in [-0.2, 0) is 9.59 Å². The van der Waals surface area contributed by atoms with Gasteiger partial charge in [-0.05, 0) is 48.0 Å². The number of aliphatic hydroxyl groups is 1. The summed E-state index contributed by atoms with van der Waals surface area (Å²) in [5, 5.41) is 21.3. The van der Waals surface area contributed by atoms with Crippen LogP contribution in [0.5, 0.6) is 11.5 Å². The van der Waals surface area contributed by atoms with Crippen LogP contribution in [0.15, 0.2) is 72.3 Å². The number of carbonyl (C=O) groups is 2. The number of ketones is 1. The fraction of sp³-hybridized carbons (Fsp3) is 0.0833. The summed E-state index contributed by atoms with van der Waals surface area (Å²) in [5.74, 6) is -1.52. The lowest BCUT2D eigenvalue weighted by atomic mass is 9.95. The van der Waals surface area contributed by atoms with Crippen LogP contribution in [-0.4, -0.2) is 29.0 Å². The maximum absolute atomic E-state index is 13.1. The molecular formula is C24H17Cl2NO5. The molecule has 3 aromatic rings. The molecule has 0 spiro atoms. The van der Waals surface area contributed by atoms with Crippen molar-refractivity contribution in [3.05, 3.63) is 93.5 Å². The van der Waals surface area contributed by atoms with Crippen molar-refractivity contribution in [3.8, 4) is 11.5 Å². The number of benzene rings is 3. The number of rotatable bonds is 4. The Morgan fingerprint density at radius 1 is 0.969 bits per heavy atom. The average Bonchev–Trinajstić information content (AvgIpc) is 3.06. The lowest BCUT2D eigenvalue weighted by molar-refractivity contribution is -0.132. The Morgan fingerprint density at radius 2 is 1.69 bits per heavy atom. The lowest BCUT2D eigenvalue weighted by Crippen LogP contribution is -2.29. The first kappa shape index (κ1) is 21.7. The van der Waals surface area contributed by atoms with Crippen LogP contribution in [0, 0.1) is 0 Å². The molecule has 1 unspecified atom stereocenters. The highest BCUT2D eigenvalue weighted by molar-refractivity contribution is 6.52. The third-order valence-corrected chi connectivity index (χ3v) is 5.92. The molecule has 0 bridgehead atoms. The van der Waals surface area contributed by atoms with Crippen molar-refractivity contribution in [2.24, 2.45) is 0 Å². The Labute approximate surface area is 193 Å². The highest BCUT2D eigenvalue weighted by Gasteiger charge is 2.47. The molecule has 0 radical (unpaired) electrons. The number of hydrogen-bond donors (Lipinski definition) is 2. The first-order valence-electron chi connectivity index (χ1n) is 9.51. The molecule has 0 saturated carbocycles. The van der Waals surface area contributed by atoms with Crippen molar-refractivity contribution in [1.29, 1.82) is 0 Å². The van der Waals surface area contributed by atoms with Crippen molar-refractivity contribution < 1.29 is 24.5 Å². The summed E-state index contributed by atoms with van der Waals surface area (Å²) in [4.78, 5) is 27.5. The molecule has 1 heterocycles. The molecule has 8 heteroatoms. The van der Waals surface area contributed by atoms with Crippen LogP contribution < -0.4 is 9.64 Å². The summed E-state index contributed by atoms with van der Waals surface area (Å²) in [6.45, 7) is 0. The van der Waals surface area contributed by atoms with Gasteiger partial charge in [0.1, 0.15) is 17.3 Å². The number of carbonyl (C=O) groups excluding carboxylic acids is 2. The molecule has 1 atom stereocenters. The van der Waals surface area contributed by atoms with Crippen LogP contribution in [0.3, 0.4) is 0 Å². The van der Waals surface area contributed by atoms with Crippen LogP contribution >= 0.6 is 23.2 Å². The lowest BCUT2D eigenvalue weighted by Gasteiger charge is -2.25.